The number of carbonyl (C=O) groups excluding carboxylic acids is 1. The first-order valence-electron chi connectivity index (χ1n) is 9.50. The predicted molar refractivity (Wildman–Crippen MR) is 108 cm³/mol. The van der Waals surface area contributed by atoms with E-state index in [1.54, 1.807) is 0 Å². The summed E-state index contributed by atoms with van der Waals surface area (Å²) in [5.41, 5.74) is 0.926. The summed E-state index contributed by atoms with van der Waals surface area (Å²) in [5, 5.41) is 13.3. The summed E-state index contributed by atoms with van der Waals surface area (Å²) in [7, 11) is 0. The first-order valence-corrected chi connectivity index (χ1v) is 10.9. The summed E-state index contributed by atoms with van der Waals surface area (Å²) >= 11 is 7.68. The Hall–Kier alpha value is -1.73. The van der Waals surface area contributed by atoms with Crippen LogP contribution < -0.4 is 10.2 Å². The molecule has 4 rings (SSSR count). The maximum absolute atomic E-state index is 12.4. The average Bonchev–Trinajstić information content (AvgIpc) is 3.18. The van der Waals surface area contributed by atoms with Crippen molar-refractivity contribution in [2.75, 3.05) is 23.7 Å². The number of hydrogen-bond donors (Lipinski definition) is 1. The number of halogens is 1. The first-order chi connectivity index (χ1) is 13.1. The molecular formula is C19H24ClN5OS. The fourth-order valence-corrected chi connectivity index (χ4v) is 4.58. The van der Waals surface area contributed by atoms with Crippen molar-refractivity contribution in [3.05, 3.63) is 34.9 Å². The highest BCUT2D eigenvalue weighted by molar-refractivity contribution is 7.99. The Morgan fingerprint density at radius 3 is 2.74 bits per heavy atom. The molecule has 2 heterocycles. The Kier molecular flexibility index (Phi) is 5.59. The molecular weight excluding hydrogens is 382 g/mol. The van der Waals surface area contributed by atoms with Crippen molar-refractivity contribution in [1.82, 2.24) is 20.1 Å². The smallest absolute Gasteiger partial charge is 0.230 e. The second-order valence-corrected chi connectivity index (χ2v) is 8.53. The van der Waals surface area contributed by atoms with Crippen LogP contribution in [0.3, 0.4) is 0 Å². The number of aromatic nitrogens is 3. The van der Waals surface area contributed by atoms with Gasteiger partial charge in [-0.3, -0.25) is 9.36 Å². The van der Waals surface area contributed by atoms with E-state index in [9.17, 15) is 4.79 Å². The van der Waals surface area contributed by atoms with Crippen LogP contribution in [-0.4, -0.2) is 39.5 Å². The Morgan fingerprint density at radius 2 is 2.04 bits per heavy atom. The van der Waals surface area contributed by atoms with Crippen molar-refractivity contribution in [2.45, 2.75) is 49.8 Å². The van der Waals surface area contributed by atoms with Crippen molar-refractivity contribution in [3.8, 4) is 0 Å². The molecule has 1 amide bonds. The molecule has 0 bridgehead atoms. The highest BCUT2D eigenvalue weighted by Crippen LogP contribution is 2.41. The first kappa shape index (κ1) is 18.6. The molecule has 2 aliphatic rings. The van der Waals surface area contributed by atoms with Crippen LogP contribution in [-0.2, 0) is 4.79 Å². The summed E-state index contributed by atoms with van der Waals surface area (Å²) in [6, 6.07) is 7.95. The maximum Gasteiger partial charge on any atom is 0.230 e. The number of thioether (sulfide) groups is 1. The molecule has 0 radical (unpaired) electrons. The van der Waals surface area contributed by atoms with Crippen LogP contribution in [0.15, 0.2) is 29.4 Å². The van der Waals surface area contributed by atoms with Crippen LogP contribution in [0.2, 0.25) is 5.02 Å². The molecule has 144 valence electrons. The van der Waals surface area contributed by atoms with E-state index >= 15 is 0 Å². The third-order valence-corrected chi connectivity index (χ3v) is 6.32. The molecule has 6 nitrogen and oxygen atoms in total. The Morgan fingerprint density at radius 1 is 1.30 bits per heavy atom. The lowest BCUT2D eigenvalue weighted by atomic mass is 10.1. The number of hydrogen-bond acceptors (Lipinski definition) is 5. The molecule has 1 N–H and O–H groups in total. The zero-order chi connectivity index (χ0) is 18.8. The molecule has 1 aromatic carbocycles. The number of nitrogens with one attached hydrogen (secondary N) is 1. The summed E-state index contributed by atoms with van der Waals surface area (Å²) in [4.78, 5) is 14.7. The molecule has 1 aliphatic carbocycles. The fourth-order valence-electron chi connectivity index (χ4n) is 3.47. The van der Waals surface area contributed by atoms with Crippen molar-refractivity contribution in [2.24, 2.45) is 0 Å². The number of anilines is 1. The minimum absolute atomic E-state index is 0.0273. The fraction of sp³-hybridized carbons (Fsp3) is 0.526. The molecule has 1 unspecified atom stereocenters. The Labute approximate surface area is 168 Å². The molecule has 27 heavy (non-hydrogen) atoms. The number of benzene rings is 1. The van der Waals surface area contributed by atoms with Crippen molar-refractivity contribution >= 4 is 35.2 Å². The number of amides is 1. The summed E-state index contributed by atoms with van der Waals surface area (Å²) in [6.45, 7) is 4.04. The monoisotopic (exact) mass is 405 g/mol. The van der Waals surface area contributed by atoms with Gasteiger partial charge in [0.2, 0.25) is 11.9 Å². The zero-order valence-electron chi connectivity index (χ0n) is 15.4. The van der Waals surface area contributed by atoms with Crippen molar-refractivity contribution in [3.63, 3.8) is 0 Å². The van der Waals surface area contributed by atoms with Crippen LogP contribution in [0.4, 0.5) is 5.95 Å². The highest BCUT2D eigenvalue weighted by Gasteiger charge is 2.32. The molecule has 1 saturated heterocycles. The third-order valence-electron chi connectivity index (χ3n) is 5.03. The van der Waals surface area contributed by atoms with Gasteiger partial charge in [0.05, 0.1) is 11.8 Å². The number of carbonyl (C=O) groups is 1. The predicted octanol–water partition coefficient (Wildman–Crippen LogP) is 3.84. The lowest BCUT2D eigenvalue weighted by molar-refractivity contribution is -0.119. The third kappa shape index (κ3) is 4.24. The van der Waals surface area contributed by atoms with Gasteiger partial charge in [0, 0.05) is 24.2 Å². The van der Waals surface area contributed by atoms with Crippen LogP contribution >= 0.6 is 23.4 Å². The molecule has 1 atom stereocenters. The van der Waals surface area contributed by atoms with Crippen LogP contribution in [0.25, 0.3) is 0 Å². The van der Waals surface area contributed by atoms with Gasteiger partial charge in [-0.25, -0.2) is 0 Å². The van der Waals surface area contributed by atoms with Crippen molar-refractivity contribution in [1.29, 1.82) is 0 Å². The van der Waals surface area contributed by atoms with E-state index in [1.807, 2.05) is 31.2 Å². The SMILES string of the molecule is CC(NC(=O)CSc1nnc(N2CCCC2)n1C1CC1)c1ccccc1Cl. The van der Waals surface area contributed by atoms with Gasteiger partial charge in [0.1, 0.15) is 0 Å². The van der Waals surface area contributed by atoms with E-state index in [2.05, 4.69) is 25.0 Å². The lowest BCUT2D eigenvalue weighted by Gasteiger charge is -2.18. The molecule has 2 fully saturated rings. The lowest BCUT2D eigenvalue weighted by Crippen LogP contribution is -2.28. The summed E-state index contributed by atoms with van der Waals surface area (Å²) < 4.78 is 2.24. The molecule has 1 aromatic heterocycles. The van der Waals surface area contributed by atoms with E-state index < -0.39 is 0 Å². The quantitative estimate of drug-likeness (QED) is 0.709. The standard InChI is InChI=1S/C19H24ClN5OS/c1-13(15-6-2-3-7-16(15)20)21-17(26)12-27-19-23-22-18(24-10-4-5-11-24)25(19)14-8-9-14/h2-3,6-7,13-14H,4-5,8-12H2,1H3,(H,21,26). The molecule has 0 spiro atoms. The number of rotatable bonds is 7. The van der Waals surface area contributed by atoms with Gasteiger partial charge in [0.15, 0.2) is 5.16 Å². The van der Waals surface area contributed by atoms with E-state index in [4.69, 9.17) is 11.6 Å². The minimum atomic E-state index is -0.131. The number of nitrogens with zero attached hydrogens (tertiary/aromatic N) is 4. The van der Waals surface area contributed by atoms with Gasteiger partial charge in [0.25, 0.3) is 0 Å². The van der Waals surface area contributed by atoms with Gasteiger partial charge in [-0.1, -0.05) is 41.6 Å². The normalized spacial score (nSPS) is 17.9. The molecule has 2 aromatic rings. The largest absolute Gasteiger partial charge is 0.349 e. The summed E-state index contributed by atoms with van der Waals surface area (Å²) in [6.07, 6.45) is 4.76. The van der Waals surface area contributed by atoms with Crippen LogP contribution in [0.5, 0.6) is 0 Å². The van der Waals surface area contributed by atoms with E-state index in [-0.39, 0.29) is 11.9 Å². The van der Waals surface area contributed by atoms with Gasteiger partial charge >= 0.3 is 0 Å². The van der Waals surface area contributed by atoms with E-state index in [0.717, 1.165) is 29.8 Å². The second kappa shape index (κ2) is 8.10. The van der Waals surface area contributed by atoms with E-state index in [1.165, 1.54) is 37.4 Å². The molecule has 1 saturated carbocycles. The molecule has 8 heteroatoms. The topological polar surface area (TPSA) is 63.1 Å². The Bertz CT molecular complexity index is 816. The van der Waals surface area contributed by atoms with Gasteiger partial charge in [-0.15, -0.1) is 10.2 Å². The average molecular weight is 406 g/mol. The zero-order valence-corrected chi connectivity index (χ0v) is 17.0. The van der Waals surface area contributed by atoms with E-state index in [0.29, 0.717) is 16.8 Å². The minimum Gasteiger partial charge on any atom is -0.349 e. The highest BCUT2D eigenvalue weighted by atomic mass is 35.5. The Balaban J connectivity index is 1.38. The van der Waals surface area contributed by atoms with Gasteiger partial charge < -0.3 is 10.2 Å². The van der Waals surface area contributed by atoms with Gasteiger partial charge in [-0.05, 0) is 44.2 Å². The second-order valence-electron chi connectivity index (χ2n) is 7.18. The maximum atomic E-state index is 12.4. The molecule has 1 aliphatic heterocycles. The summed E-state index contributed by atoms with van der Waals surface area (Å²) in [5.74, 6) is 1.27. The van der Waals surface area contributed by atoms with Gasteiger partial charge in [-0.2, -0.15) is 0 Å². The van der Waals surface area contributed by atoms with Crippen molar-refractivity contribution < 1.29 is 4.79 Å². The van der Waals surface area contributed by atoms with Crippen LogP contribution in [0.1, 0.15) is 50.3 Å². The van der Waals surface area contributed by atoms with Crippen LogP contribution in [0, 0.1) is 0 Å².